The summed E-state index contributed by atoms with van der Waals surface area (Å²) in [6.45, 7) is 5.78. The van der Waals surface area contributed by atoms with Gasteiger partial charge in [0.15, 0.2) is 11.5 Å². The van der Waals surface area contributed by atoms with Gasteiger partial charge in [0.1, 0.15) is 11.6 Å². The van der Waals surface area contributed by atoms with Gasteiger partial charge in [-0.25, -0.2) is 9.97 Å². The summed E-state index contributed by atoms with van der Waals surface area (Å²) >= 11 is 0. The second kappa shape index (κ2) is 9.65. The number of methoxy groups -OCH3 is 2. The highest BCUT2D eigenvalue weighted by atomic mass is 16.5. The van der Waals surface area contributed by atoms with Gasteiger partial charge in [-0.2, -0.15) is 0 Å². The number of benzene rings is 3. The molecule has 0 radical (unpaired) electrons. The van der Waals surface area contributed by atoms with Gasteiger partial charge in [-0.1, -0.05) is 30.3 Å². The Morgan fingerprint density at radius 2 is 1.53 bits per heavy atom. The minimum absolute atomic E-state index is 0.00353. The monoisotopic (exact) mass is 481 g/mol. The highest BCUT2D eigenvalue weighted by Crippen LogP contribution is 2.35. The lowest BCUT2D eigenvalue weighted by Gasteiger charge is -2.18. The number of hydrogen-bond acceptors (Lipinski definition) is 8. The van der Waals surface area contributed by atoms with E-state index in [2.05, 4.69) is 68.8 Å². The molecule has 8 heteroatoms. The molecule has 0 aliphatic carbocycles. The van der Waals surface area contributed by atoms with Crippen molar-refractivity contribution >= 4 is 16.7 Å². The van der Waals surface area contributed by atoms with Crippen molar-refractivity contribution in [3.8, 4) is 34.1 Å². The lowest BCUT2D eigenvalue weighted by Crippen LogP contribution is -2.10. The molecule has 0 fully saturated rings. The first-order chi connectivity index (χ1) is 17.4. The molecule has 8 nitrogen and oxygen atoms in total. The first-order valence-corrected chi connectivity index (χ1v) is 11.6. The Bertz CT molecular complexity index is 1530. The maximum atomic E-state index is 5.53. The topological polar surface area (TPSA) is 95.2 Å². The highest BCUT2D eigenvalue weighted by molar-refractivity contribution is 5.92. The minimum Gasteiger partial charge on any atom is -0.493 e. The number of fused-ring (bicyclic) bond motifs is 1. The standard InChI is InChI=1S/C28H27N5O3/c1-16(29-27-23-14-25(34-4)26(35-5)15-24(23)30-17(2)31-27)21-7-6-8-22(13-21)19-9-11-20(12-10-19)28-33-32-18(3)36-28/h6-16H,1-5H3,(H,29,30,31). The molecule has 1 unspecified atom stereocenters. The molecule has 2 heterocycles. The summed E-state index contributed by atoms with van der Waals surface area (Å²) in [5, 5.41) is 12.4. The molecule has 0 spiro atoms. The van der Waals surface area contributed by atoms with Crippen LogP contribution in [-0.2, 0) is 0 Å². The molecule has 2 aromatic heterocycles. The molecule has 0 aliphatic heterocycles. The molecule has 182 valence electrons. The van der Waals surface area contributed by atoms with Crippen LogP contribution >= 0.6 is 0 Å². The van der Waals surface area contributed by atoms with Crippen molar-refractivity contribution in [2.45, 2.75) is 26.8 Å². The van der Waals surface area contributed by atoms with Gasteiger partial charge in [-0.05, 0) is 54.8 Å². The van der Waals surface area contributed by atoms with Crippen LogP contribution in [0.2, 0.25) is 0 Å². The fraction of sp³-hybridized carbons (Fsp3) is 0.214. The quantitative estimate of drug-likeness (QED) is 0.296. The van der Waals surface area contributed by atoms with Crippen molar-refractivity contribution in [3.05, 3.63) is 77.9 Å². The lowest BCUT2D eigenvalue weighted by atomic mass is 9.99. The van der Waals surface area contributed by atoms with E-state index in [4.69, 9.17) is 13.9 Å². The molecule has 0 aliphatic rings. The maximum absolute atomic E-state index is 5.53. The van der Waals surface area contributed by atoms with Gasteiger partial charge in [0.25, 0.3) is 0 Å². The predicted molar refractivity (Wildman–Crippen MR) is 139 cm³/mol. The zero-order valence-electron chi connectivity index (χ0n) is 20.9. The van der Waals surface area contributed by atoms with E-state index in [1.165, 1.54) is 0 Å². The number of aryl methyl sites for hydroxylation is 2. The zero-order chi connectivity index (χ0) is 25.2. The van der Waals surface area contributed by atoms with Crippen LogP contribution in [0, 0.1) is 13.8 Å². The summed E-state index contributed by atoms with van der Waals surface area (Å²) in [6, 6.07) is 20.3. The summed E-state index contributed by atoms with van der Waals surface area (Å²) in [4.78, 5) is 9.26. The Kier molecular flexibility index (Phi) is 6.25. The van der Waals surface area contributed by atoms with Crippen molar-refractivity contribution in [1.82, 2.24) is 20.2 Å². The average molecular weight is 482 g/mol. The zero-order valence-corrected chi connectivity index (χ0v) is 20.9. The number of hydrogen-bond donors (Lipinski definition) is 1. The Balaban J connectivity index is 1.43. The van der Waals surface area contributed by atoms with Crippen molar-refractivity contribution in [2.75, 3.05) is 19.5 Å². The number of anilines is 1. The summed E-state index contributed by atoms with van der Waals surface area (Å²) in [7, 11) is 3.24. The van der Waals surface area contributed by atoms with Crippen LogP contribution in [0.5, 0.6) is 11.5 Å². The fourth-order valence-electron chi connectivity index (χ4n) is 4.18. The van der Waals surface area contributed by atoms with E-state index in [0.717, 1.165) is 39.0 Å². The van der Waals surface area contributed by atoms with Crippen LogP contribution in [0.15, 0.2) is 65.1 Å². The molecule has 36 heavy (non-hydrogen) atoms. The summed E-state index contributed by atoms with van der Waals surface area (Å²) < 4.78 is 16.5. The molecule has 3 aromatic carbocycles. The molecular weight excluding hydrogens is 454 g/mol. The van der Waals surface area contributed by atoms with Gasteiger partial charge < -0.3 is 19.2 Å². The number of rotatable bonds is 7. The summed E-state index contributed by atoms with van der Waals surface area (Å²) in [5.41, 5.74) is 5.03. The van der Waals surface area contributed by atoms with Gasteiger partial charge in [-0.15, -0.1) is 10.2 Å². The number of aromatic nitrogens is 4. The molecule has 0 bridgehead atoms. The van der Waals surface area contributed by atoms with Crippen LogP contribution < -0.4 is 14.8 Å². The number of ether oxygens (including phenoxy) is 2. The fourth-order valence-corrected chi connectivity index (χ4v) is 4.18. The smallest absolute Gasteiger partial charge is 0.247 e. The van der Waals surface area contributed by atoms with E-state index in [0.29, 0.717) is 29.1 Å². The number of nitrogens with one attached hydrogen (secondary N) is 1. The normalized spacial score (nSPS) is 11.9. The van der Waals surface area contributed by atoms with Crippen molar-refractivity contribution in [3.63, 3.8) is 0 Å². The SMILES string of the molecule is COc1cc2nc(C)nc(NC(C)c3cccc(-c4ccc(-c5nnc(C)o5)cc4)c3)c2cc1OC. The summed E-state index contributed by atoms with van der Waals surface area (Å²) in [6.07, 6.45) is 0. The molecule has 0 amide bonds. The van der Waals surface area contributed by atoms with E-state index in [1.807, 2.05) is 31.2 Å². The van der Waals surface area contributed by atoms with Crippen LogP contribution in [0.1, 0.15) is 30.2 Å². The van der Waals surface area contributed by atoms with Crippen LogP contribution in [-0.4, -0.2) is 34.4 Å². The van der Waals surface area contributed by atoms with Crippen molar-refractivity contribution in [2.24, 2.45) is 0 Å². The van der Waals surface area contributed by atoms with Gasteiger partial charge in [-0.3, -0.25) is 0 Å². The lowest BCUT2D eigenvalue weighted by molar-refractivity contribution is 0.356. The molecule has 0 saturated carbocycles. The second-order valence-electron chi connectivity index (χ2n) is 8.54. The Morgan fingerprint density at radius 1 is 0.806 bits per heavy atom. The highest BCUT2D eigenvalue weighted by Gasteiger charge is 2.15. The third-order valence-corrected chi connectivity index (χ3v) is 6.04. The van der Waals surface area contributed by atoms with E-state index >= 15 is 0 Å². The molecule has 5 aromatic rings. The third kappa shape index (κ3) is 4.57. The first kappa shape index (κ1) is 23.3. The van der Waals surface area contributed by atoms with E-state index in [9.17, 15) is 0 Å². The van der Waals surface area contributed by atoms with E-state index in [1.54, 1.807) is 21.1 Å². The largest absolute Gasteiger partial charge is 0.493 e. The average Bonchev–Trinajstić information content (AvgIpc) is 3.34. The van der Waals surface area contributed by atoms with Gasteiger partial charge in [0.05, 0.1) is 19.7 Å². The third-order valence-electron chi connectivity index (χ3n) is 6.04. The molecule has 1 N–H and O–H groups in total. The van der Waals surface area contributed by atoms with Crippen molar-refractivity contribution in [1.29, 1.82) is 0 Å². The molecule has 1 atom stereocenters. The van der Waals surface area contributed by atoms with Crippen LogP contribution in [0.3, 0.4) is 0 Å². The predicted octanol–water partition coefficient (Wildman–Crippen LogP) is 6.15. The second-order valence-corrected chi connectivity index (χ2v) is 8.54. The van der Waals surface area contributed by atoms with Crippen molar-refractivity contribution < 1.29 is 13.9 Å². The minimum atomic E-state index is -0.00353. The maximum Gasteiger partial charge on any atom is 0.247 e. The Morgan fingerprint density at radius 3 is 2.22 bits per heavy atom. The number of nitrogens with zero attached hydrogens (tertiary/aromatic N) is 4. The van der Waals surface area contributed by atoms with E-state index < -0.39 is 0 Å². The Hall–Kier alpha value is -4.46. The van der Waals surface area contributed by atoms with Gasteiger partial charge in [0.2, 0.25) is 11.8 Å². The van der Waals surface area contributed by atoms with Crippen LogP contribution in [0.25, 0.3) is 33.5 Å². The van der Waals surface area contributed by atoms with Gasteiger partial charge >= 0.3 is 0 Å². The van der Waals surface area contributed by atoms with Gasteiger partial charge in [0, 0.05) is 30.0 Å². The van der Waals surface area contributed by atoms with E-state index in [-0.39, 0.29) is 6.04 Å². The first-order valence-electron chi connectivity index (χ1n) is 11.6. The molecule has 5 rings (SSSR count). The Labute approximate surface area is 209 Å². The van der Waals surface area contributed by atoms with Crippen LogP contribution in [0.4, 0.5) is 5.82 Å². The molecular formula is C28H27N5O3. The summed E-state index contributed by atoms with van der Waals surface area (Å²) in [5.74, 6) is 3.76. The molecule has 0 saturated heterocycles.